The first-order chi connectivity index (χ1) is 6.68. The molecule has 5 saturated carbocycles. The van der Waals surface area contributed by atoms with Crippen molar-refractivity contribution in [2.75, 3.05) is 0 Å². The molecule has 14 heavy (non-hydrogen) atoms. The molecule has 4 bridgehead atoms. The second kappa shape index (κ2) is 1.43. The maximum absolute atomic E-state index is 6.71. The average Bonchev–Trinajstić information content (AvgIpc) is 2.60. The lowest BCUT2D eigenvalue weighted by molar-refractivity contribution is 0.0237. The molecule has 2 aliphatic heterocycles. The number of halogens is 2. The summed E-state index contributed by atoms with van der Waals surface area (Å²) in [5.74, 6) is 6.09. The fourth-order valence-electron chi connectivity index (χ4n) is 6.89. The molecule has 7 rings (SSSR count). The van der Waals surface area contributed by atoms with Crippen LogP contribution in [0.5, 0.6) is 0 Å². The lowest BCUT2D eigenvalue weighted by Gasteiger charge is -2.45. The number of ether oxygens (including phenoxy) is 1. The van der Waals surface area contributed by atoms with Crippen molar-refractivity contribution >= 4 is 23.2 Å². The van der Waals surface area contributed by atoms with Gasteiger partial charge in [-0.25, -0.2) is 0 Å². The minimum absolute atomic E-state index is 0.311. The Morgan fingerprint density at radius 2 is 1.36 bits per heavy atom. The second-order valence-corrected chi connectivity index (χ2v) is 7.50. The van der Waals surface area contributed by atoms with Crippen LogP contribution in [0.2, 0.25) is 0 Å². The maximum atomic E-state index is 6.71. The highest BCUT2D eigenvalue weighted by Crippen LogP contribution is 2.94. The Kier molecular flexibility index (Phi) is 0.715. The van der Waals surface area contributed by atoms with Crippen LogP contribution in [0, 0.1) is 47.3 Å². The Balaban J connectivity index is 1.83. The third-order valence-electron chi connectivity index (χ3n) is 6.63. The normalized spacial score (nSPS) is 93.0. The lowest BCUT2D eigenvalue weighted by Crippen LogP contribution is -2.48. The van der Waals surface area contributed by atoms with Crippen molar-refractivity contribution < 1.29 is 4.74 Å². The van der Waals surface area contributed by atoms with E-state index in [-0.39, 0.29) is 10.1 Å². The summed E-state index contributed by atoms with van der Waals surface area (Å²) in [6, 6.07) is 0. The van der Waals surface area contributed by atoms with Crippen molar-refractivity contribution in [3.8, 4) is 0 Å². The molecule has 0 amide bonds. The molecular weight excluding hydrogens is 219 g/mol. The Morgan fingerprint density at radius 3 is 1.86 bits per heavy atom. The van der Waals surface area contributed by atoms with Gasteiger partial charge in [-0.2, -0.15) is 0 Å². The molecule has 1 nitrogen and oxygen atoms in total. The fraction of sp³-hybridized carbons (Fsp3) is 1.00. The molecule has 0 aromatic heterocycles. The van der Waals surface area contributed by atoms with E-state index in [2.05, 4.69) is 0 Å². The molecule has 7 aliphatic rings. The fourth-order valence-corrected chi connectivity index (χ4v) is 8.35. The van der Waals surface area contributed by atoms with Crippen LogP contribution in [0.4, 0.5) is 0 Å². The van der Waals surface area contributed by atoms with Crippen molar-refractivity contribution in [1.82, 2.24) is 0 Å². The zero-order valence-electron chi connectivity index (χ0n) is 7.49. The highest BCUT2D eigenvalue weighted by molar-refractivity contribution is 6.29. The summed E-state index contributed by atoms with van der Waals surface area (Å²) in [5.41, 5.74) is 0. The highest BCUT2D eigenvalue weighted by Gasteiger charge is 2.97. The molecule has 0 N–H and O–H groups in total. The van der Waals surface area contributed by atoms with Gasteiger partial charge in [-0.3, -0.25) is 0 Å². The molecule has 2 saturated heterocycles. The SMILES string of the molecule is Cl[C@@]12O[C@@]3(Cl)[C@H]4[C@H]5C[C@@H]([C@@H]6[C@@H]5[C@H]3[C@@H]61)[C@H]42. The number of hydrogen-bond donors (Lipinski definition) is 0. The molecule has 0 aromatic rings. The minimum Gasteiger partial charge on any atom is -0.337 e. The standard InChI is InChI=1S/C11H10Cl2O/c12-10-6-2-1-3-5-4(2)8(10)9(5)11(13,14-10)7(3)6/h2-9H,1H2/t2-,3-,4+,5+,6-,7+,8-,9+,10-,11-/m0/s1. The Morgan fingerprint density at radius 1 is 0.857 bits per heavy atom. The van der Waals surface area contributed by atoms with E-state index >= 15 is 0 Å². The van der Waals surface area contributed by atoms with Crippen molar-refractivity contribution in [2.24, 2.45) is 47.3 Å². The predicted octanol–water partition coefficient (Wildman–Crippen LogP) is 2.27. The van der Waals surface area contributed by atoms with E-state index in [4.69, 9.17) is 27.9 Å². The van der Waals surface area contributed by atoms with Crippen molar-refractivity contribution in [1.29, 1.82) is 0 Å². The first-order valence-electron chi connectivity index (χ1n) is 5.76. The van der Waals surface area contributed by atoms with Crippen LogP contribution in [0.1, 0.15) is 6.42 Å². The summed E-state index contributed by atoms with van der Waals surface area (Å²) in [7, 11) is 0. The van der Waals surface area contributed by atoms with Crippen LogP contribution in [0.25, 0.3) is 0 Å². The molecule has 0 spiro atoms. The zero-order chi connectivity index (χ0) is 9.03. The molecule has 2 heterocycles. The van der Waals surface area contributed by atoms with Gasteiger partial charge in [-0.05, 0) is 30.1 Å². The van der Waals surface area contributed by atoms with Gasteiger partial charge in [0.2, 0.25) is 0 Å². The van der Waals surface area contributed by atoms with Crippen LogP contribution in [-0.4, -0.2) is 10.1 Å². The third-order valence-corrected chi connectivity index (χ3v) is 7.80. The highest BCUT2D eigenvalue weighted by atomic mass is 35.5. The summed E-state index contributed by atoms with van der Waals surface area (Å²) < 4.78 is 6.07. The van der Waals surface area contributed by atoms with Crippen LogP contribution >= 0.6 is 23.2 Å². The molecule has 0 aromatic carbocycles. The Labute approximate surface area is 92.1 Å². The zero-order valence-corrected chi connectivity index (χ0v) is 9.00. The summed E-state index contributed by atoms with van der Waals surface area (Å²) in [4.78, 5) is 0. The molecule has 5 aliphatic carbocycles. The van der Waals surface area contributed by atoms with Gasteiger partial charge in [-0.15, -0.1) is 0 Å². The average molecular weight is 229 g/mol. The number of rotatable bonds is 0. The first kappa shape index (κ1) is 6.98. The van der Waals surface area contributed by atoms with Gasteiger partial charge in [0.05, 0.1) is 0 Å². The molecule has 74 valence electrons. The van der Waals surface area contributed by atoms with Gasteiger partial charge in [-0.1, -0.05) is 23.2 Å². The van der Waals surface area contributed by atoms with E-state index in [1.807, 2.05) is 0 Å². The largest absolute Gasteiger partial charge is 0.337 e. The van der Waals surface area contributed by atoms with E-state index < -0.39 is 0 Å². The Hall–Kier alpha value is 0.540. The molecule has 7 fully saturated rings. The van der Waals surface area contributed by atoms with Crippen LogP contribution in [0.15, 0.2) is 0 Å². The lowest BCUT2D eigenvalue weighted by atomic mass is 9.60. The van der Waals surface area contributed by atoms with Gasteiger partial charge in [0.15, 0.2) is 10.1 Å². The van der Waals surface area contributed by atoms with Crippen LogP contribution in [0.3, 0.4) is 0 Å². The van der Waals surface area contributed by atoms with Crippen LogP contribution in [-0.2, 0) is 4.74 Å². The third kappa shape index (κ3) is 0.336. The summed E-state index contributed by atoms with van der Waals surface area (Å²) in [6.07, 6.45) is 1.42. The van der Waals surface area contributed by atoms with Gasteiger partial charge in [0, 0.05) is 23.7 Å². The van der Waals surface area contributed by atoms with E-state index in [0.717, 1.165) is 23.7 Å². The van der Waals surface area contributed by atoms with E-state index in [1.165, 1.54) is 6.42 Å². The van der Waals surface area contributed by atoms with E-state index in [0.29, 0.717) is 23.7 Å². The molecule has 10 atom stereocenters. The van der Waals surface area contributed by atoms with E-state index in [9.17, 15) is 0 Å². The van der Waals surface area contributed by atoms with Crippen LogP contribution < -0.4 is 0 Å². The number of alkyl halides is 2. The van der Waals surface area contributed by atoms with Gasteiger partial charge in [0.25, 0.3) is 0 Å². The second-order valence-electron chi connectivity index (χ2n) is 6.32. The Bertz CT molecular complexity index is 372. The van der Waals surface area contributed by atoms with Gasteiger partial charge >= 0.3 is 0 Å². The quantitative estimate of drug-likeness (QED) is 0.579. The minimum atomic E-state index is -0.311. The van der Waals surface area contributed by atoms with Crippen molar-refractivity contribution in [2.45, 2.75) is 16.5 Å². The smallest absolute Gasteiger partial charge is 0.151 e. The van der Waals surface area contributed by atoms with Gasteiger partial charge < -0.3 is 4.74 Å². The molecule has 0 unspecified atom stereocenters. The summed E-state index contributed by atoms with van der Waals surface area (Å²) in [6.45, 7) is 0. The monoisotopic (exact) mass is 228 g/mol. The van der Waals surface area contributed by atoms with E-state index in [1.54, 1.807) is 0 Å². The number of hydrogen-bond acceptors (Lipinski definition) is 1. The first-order valence-corrected chi connectivity index (χ1v) is 6.51. The molecular formula is C11H10Cl2O. The molecule has 3 heteroatoms. The summed E-state index contributed by atoms with van der Waals surface area (Å²) in [5, 5.41) is -0.623. The van der Waals surface area contributed by atoms with Gasteiger partial charge in [0.1, 0.15) is 0 Å². The maximum Gasteiger partial charge on any atom is 0.151 e. The van der Waals surface area contributed by atoms with Crippen molar-refractivity contribution in [3.63, 3.8) is 0 Å². The molecule has 0 radical (unpaired) electrons. The predicted molar refractivity (Wildman–Crippen MR) is 50.8 cm³/mol. The topological polar surface area (TPSA) is 9.23 Å². The summed E-state index contributed by atoms with van der Waals surface area (Å²) >= 11 is 13.4. The van der Waals surface area contributed by atoms with Crippen molar-refractivity contribution in [3.05, 3.63) is 0 Å².